The van der Waals surface area contributed by atoms with Gasteiger partial charge in [-0.25, -0.2) is 0 Å². The van der Waals surface area contributed by atoms with Gasteiger partial charge in [0.05, 0.1) is 6.07 Å². The Labute approximate surface area is 96.3 Å². The van der Waals surface area contributed by atoms with E-state index in [1.165, 1.54) is 17.2 Å². The summed E-state index contributed by atoms with van der Waals surface area (Å²) in [6.07, 6.45) is 1.18. The summed E-state index contributed by atoms with van der Waals surface area (Å²) in [5.41, 5.74) is 2.55. The Morgan fingerprint density at radius 3 is 1.38 bits per heavy atom. The molecule has 0 aromatic heterocycles. The molecule has 78 valence electrons. The molecule has 0 N–H and O–H groups in total. The molecule has 0 heterocycles. The average Bonchev–Trinajstić information content (AvgIpc) is 2.41. The lowest BCUT2D eigenvalue weighted by atomic mass is 10.1. The third-order valence-electron chi connectivity index (χ3n) is 1.97. The van der Waals surface area contributed by atoms with Gasteiger partial charge < -0.3 is 0 Å². The summed E-state index contributed by atoms with van der Waals surface area (Å²) in [5.74, 6) is 0. The fourth-order valence-corrected chi connectivity index (χ4v) is 1.26. The Hall–Kier alpha value is -2.33. The second-order valence-corrected chi connectivity index (χ2v) is 3.07. The van der Waals surface area contributed by atoms with Crippen molar-refractivity contribution in [3.05, 3.63) is 73.3 Å². The molecule has 2 aromatic carbocycles. The smallest absolute Gasteiger partial charge is 0.0905 e. The van der Waals surface area contributed by atoms with Crippen molar-refractivity contribution in [1.82, 2.24) is 0 Å². The molecule has 0 aliphatic carbocycles. The van der Waals surface area contributed by atoms with Gasteiger partial charge in [-0.1, -0.05) is 67.2 Å². The van der Waals surface area contributed by atoms with Gasteiger partial charge in [0.15, 0.2) is 0 Å². The zero-order valence-electron chi connectivity index (χ0n) is 9.01. The largest absolute Gasteiger partial charge is 0.193 e. The molecule has 1 heteroatoms. The highest BCUT2D eigenvalue weighted by molar-refractivity contribution is 5.62. The maximum Gasteiger partial charge on any atom is 0.0905 e. The van der Waals surface area contributed by atoms with Crippen molar-refractivity contribution < 1.29 is 0 Å². The van der Waals surface area contributed by atoms with Gasteiger partial charge in [-0.05, 0) is 11.1 Å². The highest BCUT2D eigenvalue weighted by Gasteiger charge is 1.91. The molecular weight excluding hydrogens is 194 g/mol. The van der Waals surface area contributed by atoms with E-state index in [9.17, 15) is 0 Å². The molecule has 0 spiro atoms. The predicted molar refractivity (Wildman–Crippen MR) is 67.7 cm³/mol. The first kappa shape index (κ1) is 11.7. The van der Waals surface area contributed by atoms with Crippen LogP contribution in [0.3, 0.4) is 0 Å². The Morgan fingerprint density at radius 2 is 1.12 bits per heavy atom. The minimum absolute atomic E-state index is 1.18. The number of rotatable bonds is 1. The standard InChI is InChI=1S/C12H10.C3H3N/c1-3-7-11(8-4-1)12-9-5-2-6-10-12;1-2-3-4/h1-10H;2H,1H2. The maximum atomic E-state index is 7.51. The maximum absolute atomic E-state index is 7.51. The van der Waals surface area contributed by atoms with E-state index in [-0.39, 0.29) is 0 Å². The zero-order chi connectivity index (χ0) is 11.6. The Morgan fingerprint density at radius 1 is 0.812 bits per heavy atom. The van der Waals surface area contributed by atoms with Crippen LogP contribution >= 0.6 is 0 Å². The van der Waals surface area contributed by atoms with Crippen LogP contribution in [-0.2, 0) is 0 Å². The predicted octanol–water partition coefficient (Wildman–Crippen LogP) is 4.05. The number of nitriles is 1. The molecule has 2 rings (SSSR count). The van der Waals surface area contributed by atoms with Crippen LogP contribution in [0.5, 0.6) is 0 Å². The molecule has 0 saturated heterocycles. The summed E-state index contributed by atoms with van der Waals surface area (Å²) in [7, 11) is 0. The summed E-state index contributed by atoms with van der Waals surface area (Å²) >= 11 is 0. The van der Waals surface area contributed by atoms with E-state index < -0.39 is 0 Å². The fraction of sp³-hybridized carbons (Fsp3) is 0. The van der Waals surface area contributed by atoms with Crippen molar-refractivity contribution >= 4 is 0 Å². The second-order valence-electron chi connectivity index (χ2n) is 3.07. The number of allylic oxidation sites excluding steroid dienone is 1. The van der Waals surface area contributed by atoms with Crippen molar-refractivity contribution in [3.8, 4) is 17.2 Å². The Bertz CT molecular complexity index is 414. The fourth-order valence-electron chi connectivity index (χ4n) is 1.26. The van der Waals surface area contributed by atoms with Gasteiger partial charge in [-0.3, -0.25) is 0 Å². The lowest BCUT2D eigenvalue weighted by Crippen LogP contribution is -1.73. The van der Waals surface area contributed by atoms with E-state index >= 15 is 0 Å². The molecule has 16 heavy (non-hydrogen) atoms. The minimum Gasteiger partial charge on any atom is -0.193 e. The van der Waals surface area contributed by atoms with Crippen LogP contribution in [0, 0.1) is 11.3 Å². The van der Waals surface area contributed by atoms with E-state index in [1.54, 1.807) is 6.07 Å². The quantitative estimate of drug-likeness (QED) is 0.647. The summed E-state index contributed by atoms with van der Waals surface area (Å²) in [5, 5.41) is 7.51. The van der Waals surface area contributed by atoms with E-state index in [0.717, 1.165) is 0 Å². The van der Waals surface area contributed by atoms with Crippen molar-refractivity contribution in [3.63, 3.8) is 0 Å². The number of benzene rings is 2. The molecule has 0 aliphatic rings. The van der Waals surface area contributed by atoms with Gasteiger partial charge >= 0.3 is 0 Å². The van der Waals surface area contributed by atoms with Crippen LogP contribution in [0.1, 0.15) is 0 Å². The highest BCUT2D eigenvalue weighted by atomic mass is 14.2. The first-order chi connectivity index (χ1) is 7.88. The number of hydrogen-bond acceptors (Lipinski definition) is 1. The molecule has 0 saturated carbocycles. The van der Waals surface area contributed by atoms with Crippen LogP contribution in [0.25, 0.3) is 11.1 Å². The molecule has 0 amide bonds. The Kier molecular flexibility index (Phi) is 5.16. The van der Waals surface area contributed by atoms with Crippen LogP contribution in [0.4, 0.5) is 0 Å². The number of hydrogen-bond donors (Lipinski definition) is 0. The van der Waals surface area contributed by atoms with Gasteiger partial charge in [-0.15, -0.1) is 0 Å². The van der Waals surface area contributed by atoms with E-state index in [4.69, 9.17) is 5.26 Å². The van der Waals surface area contributed by atoms with Crippen LogP contribution in [0.2, 0.25) is 0 Å². The molecule has 0 unspecified atom stereocenters. The summed E-state index contributed by atoms with van der Waals surface area (Å²) in [4.78, 5) is 0. The summed E-state index contributed by atoms with van der Waals surface area (Å²) in [6.45, 7) is 3.12. The molecular formula is C15H13N. The van der Waals surface area contributed by atoms with E-state index in [0.29, 0.717) is 0 Å². The van der Waals surface area contributed by atoms with Crippen LogP contribution in [0.15, 0.2) is 73.3 Å². The lowest BCUT2D eigenvalue weighted by molar-refractivity contribution is 1.54. The monoisotopic (exact) mass is 207 g/mol. The molecule has 0 bridgehead atoms. The lowest BCUT2D eigenvalue weighted by Gasteiger charge is -1.98. The highest BCUT2D eigenvalue weighted by Crippen LogP contribution is 2.17. The van der Waals surface area contributed by atoms with Gasteiger partial charge in [0.1, 0.15) is 0 Å². The number of nitrogens with zero attached hydrogens (tertiary/aromatic N) is 1. The van der Waals surface area contributed by atoms with E-state index in [2.05, 4.69) is 55.1 Å². The second kappa shape index (κ2) is 7.03. The van der Waals surface area contributed by atoms with Crippen molar-refractivity contribution in [2.24, 2.45) is 0 Å². The van der Waals surface area contributed by atoms with E-state index in [1.807, 2.05) is 12.1 Å². The molecule has 0 fully saturated rings. The normalized spacial score (nSPS) is 8.19. The SMILES string of the molecule is C=CC#N.c1ccc(-c2ccccc2)cc1. The third-order valence-corrected chi connectivity index (χ3v) is 1.97. The van der Waals surface area contributed by atoms with Crippen molar-refractivity contribution in [2.75, 3.05) is 0 Å². The average molecular weight is 207 g/mol. The van der Waals surface area contributed by atoms with Gasteiger partial charge in [0.2, 0.25) is 0 Å². The molecule has 0 aliphatic heterocycles. The Balaban J connectivity index is 0.000000280. The molecule has 2 aromatic rings. The minimum atomic E-state index is 1.18. The van der Waals surface area contributed by atoms with Crippen molar-refractivity contribution in [2.45, 2.75) is 0 Å². The first-order valence-electron chi connectivity index (χ1n) is 4.99. The molecule has 1 nitrogen and oxygen atoms in total. The van der Waals surface area contributed by atoms with Crippen LogP contribution in [-0.4, -0.2) is 0 Å². The van der Waals surface area contributed by atoms with Crippen molar-refractivity contribution in [1.29, 1.82) is 5.26 Å². The van der Waals surface area contributed by atoms with Gasteiger partial charge in [-0.2, -0.15) is 5.26 Å². The third kappa shape index (κ3) is 3.81. The molecule has 0 atom stereocenters. The molecule has 0 radical (unpaired) electrons. The van der Waals surface area contributed by atoms with Crippen LogP contribution < -0.4 is 0 Å². The van der Waals surface area contributed by atoms with Gasteiger partial charge in [0.25, 0.3) is 0 Å². The topological polar surface area (TPSA) is 23.8 Å². The zero-order valence-corrected chi connectivity index (χ0v) is 9.01. The summed E-state index contributed by atoms with van der Waals surface area (Å²) < 4.78 is 0. The summed E-state index contributed by atoms with van der Waals surface area (Å²) in [6, 6.07) is 22.5. The first-order valence-corrected chi connectivity index (χ1v) is 4.99. The van der Waals surface area contributed by atoms with Gasteiger partial charge in [0, 0.05) is 6.08 Å².